The Kier molecular flexibility index (Phi) is 5.39. The van der Waals surface area contributed by atoms with Crippen molar-refractivity contribution in [2.75, 3.05) is 0 Å². The van der Waals surface area contributed by atoms with E-state index >= 15 is 0 Å². The van der Waals surface area contributed by atoms with Gasteiger partial charge in [0.25, 0.3) is 0 Å². The van der Waals surface area contributed by atoms with Crippen LogP contribution in [-0.4, -0.2) is 4.57 Å². The number of hydrogen-bond acceptors (Lipinski definition) is 1. The van der Waals surface area contributed by atoms with Crippen molar-refractivity contribution in [2.45, 2.75) is 52.4 Å². The van der Waals surface area contributed by atoms with Crippen LogP contribution in [0.1, 0.15) is 62.3 Å². The Labute approximate surface area is 231 Å². The maximum atomic E-state index is 6.82. The Morgan fingerprint density at radius 3 is 2.26 bits per heavy atom. The predicted molar refractivity (Wildman–Crippen MR) is 166 cm³/mol. The molecular weight excluding hydrogens is 472 g/mol. The van der Waals surface area contributed by atoms with Crippen LogP contribution in [0.2, 0.25) is 0 Å². The highest BCUT2D eigenvalue weighted by Crippen LogP contribution is 2.52. The molecule has 1 fully saturated rings. The predicted octanol–water partition coefficient (Wildman–Crippen LogP) is 9.44. The molecule has 2 aliphatic carbocycles. The lowest BCUT2D eigenvalue weighted by atomic mass is 9.78. The van der Waals surface area contributed by atoms with E-state index < -0.39 is 0 Å². The Bertz CT molecular complexity index is 1820. The van der Waals surface area contributed by atoms with Crippen LogP contribution < -0.4 is 5.73 Å². The summed E-state index contributed by atoms with van der Waals surface area (Å²) in [5.41, 5.74) is 20.8. The van der Waals surface area contributed by atoms with Crippen LogP contribution in [0, 0.1) is 12.8 Å². The zero-order chi connectivity index (χ0) is 26.9. The number of aromatic nitrogens is 1. The summed E-state index contributed by atoms with van der Waals surface area (Å²) in [7, 11) is 0. The average molecular weight is 509 g/mol. The first-order valence-electron chi connectivity index (χ1n) is 14.3. The third-order valence-electron chi connectivity index (χ3n) is 9.31. The molecule has 2 nitrogen and oxygen atoms in total. The Balaban J connectivity index is 1.51. The summed E-state index contributed by atoms with van der Waals surface area (Å²) >= 11 is 0. The molecule has 1 aromatic heterocycles. The van der Waals surface area contributed by atoms with Crippen molar-refractivity contribution in [3.05, 3.63) is 119 Å². The molecule has 2 heteroatoms. The minimum Gasteiger partial charge on any atom is -0.401 e. The van der Waals surface area contributed by atoms with E-state index in [1.54, 1.807) is 0 Å². The number of aryl methyl sites for hydroxylation is 1. The summed E-state index contributed by atoms with van der Waals surface area (Å²) in [5, 5.41) is 2.60. The van der Waals surface area contributed by atoms with Gasteiger partial charge in [0.05, 0.1) is 11.0 Å². The molecule has 5 aromatic rings. The molecule has 0 radical (unpaired) electrons. The van der Waals surface area contributed by atoms with Gasteiger partial charge in [0.1, 0.15) is 0 Å². The Hall–Kier alpha value is -4.04. The standard InChI is InChI=1S/C37H36N2/c1-5-12-27(36(38)24-13-11-14-24)28-20-29-30-21-31-26-17-9-10-18-34(26)39(25-15-7-6-8-16-25)35(31)22-33(30)37(3,4)32(29)19-23(28)2/h5-10,12,15-22,24H,11,13-14,38H2,1-4H3/b12-5-,36-27+. The van der Waals surface area contributed by atoms with Crippen molar-refractivity contribution in [1.29, 1.82) is 0 Å². The van der Waals surface area contributed by atoms with E-state index in [0.717, 1.165) is 5.70 Å². The highest BCUT2D eigenvalue weighted by atomic mass is 15.0. The molecule has 2 aliphatic rings. The maximum absolute atomic E-state index is 6.82. The van der Waals surface area contributed by atoms with Gasteiger partial charge in [-0.2, -0.15) is 0 Å². The lowest BCUT2D eigenvalue weighted by molar-refractivity contribution is 0.366. The van der Waals surface area contributed by atoms with E-state index in [0.29, 0.717) is 5.92 Å². The van der Waals surface area contributed by atoms with Gasteiger partial charge in [-0.1, -0.05) is 74.9 Å². The second-order valence-electron chi connectivity index (χ2n) is 11.9. The highest BCUT2D eigenvalue weighted by molar-refractivity contribution is 6.11. The molecule has 39 heavy (non-hydrogen) atoms. The normalized spacial score (nSPS) is 16.9. The van der Waals surface area contributed by atoms with Gasteiger partial charge < -0.3 is 10.3 Å². The fourth-order valence-corrected chi connectivity index (χ4v) is 6.94. The molecule has 0 saturated heterocycles. The number of para-hydroxylation sites is 2. The first-order chi connectivity index (χ1) is 18.9. The second-order valence-corrected chi connectivity index (χ2v) is 11.9. The molecule has 1 saturated carbocycles. The number of hydrogen-bond donors (Lipinski definition) is 1. The van der Waals surface area contributed by atoms with Gasteiger partial charge in [0.2, 0.25) is 0 Å². The van der Waals surface area contributed by atoms with Crippen molar-refractivity contribution in [2.24, 2.45) is 11.7 Å². The van der Waals surface area contributed by atoms with Gasteiger partial charge in [-0.3, -0.25) is 0 Å². The summed E-state index contributed by atoms with van der Waals surface area (Å²) in [5.74, 6) is 0.510. The molecule has 0 aliphatic heterocycles. The van der Waals surface area contributed by atoms with Gasteiger partial charge in [0.15, 0.2) is 0 Å². The zero-order valence-electron chi connectivity index (χ0n) is 23.4. The van der Waals surface area contributed by atoms with Gasteiger partial charge in [-0.05, 0) is 102 Å². The molecule has 0 bridgehead atoms. The molecule has 7 rings (SSSR count). The van der Waals surface area contributed by atoms with E-state index in [9.17, 15) is 0 Å². The quantitative estimate of drug-likeness (QED) is 0.241. The van der Waals surface area contributed by atoms with Crippen LogP contribution in [-0.2, 0) is 5.41 Å². The van der Waals surface area contributed by atoms with Crippen LogP contribution >= 0.6 is 0 Å². The fourth-order valence-electron chi connectivity index (χ4n) is 6.94. The SMILES string of the molecule is C/C=C\C(=C(/N)C1CCC1)c1cc2c(cc1C)C(C)(C)c1cc3c(cc1-2)c1ccccc1n3-c1ccccc1. The number of benzene rings is 4. The van der Waals surface area contributed by atoms with Gasteiger partial charge >= 0.3 is 0 Å². The molecule has 4 aromatic carbocycles. The van der Waals surface area contributed by atoms with Gasteiger partial charge in [-0.15, -0.1) is 0 Å². The molecule has 0 unspecified atom stereocenters. The fraction of sp³-hybridized carbons (Fsp3) is 0.243. The first-order valence-corrected chi connectivity index (χ1v) is 14.3. The minimum atomic E-state index is -0.0931. The summed E-state index contributed by atoms with van der Waals surface area (Å²) in [4.78, 5) is 0. The first kappa shape index (κ1) is 24.0. The third-order valence-corrected chi connectivity index (χ3v) is 9.31. The summed E-state index contributed by atoms with van der Waals surface area (Å²) in [6.07, 6.45) is 8.05. The number of nitrogens with two attached hydrogens (primary N) is 1. The Morgan fingerprint density at radius 2 is 1.54 bits per heavy atom. The maximum Gasteiger partial charge on any atom is 0.0544 e. The highest BCUT2D eigenvalue weighted by Gasteiger charge is 2.37. The number of fused-ring (bicyclic) bond motifs is 6. The summed E-state index contributed by atoms with van der Waals surface area (Å²) in [6.45, 7) is 9.10. The molecule has 1 heterocycles. The van der Waals surface area contributed by atoms with Gasteiger partial charge in [-0.25, -0.2) is 0 Å². The van der Waals surface area contributed by atoms with Crippen LogP contribution in [0.25, 0.3) is 44.2 Å². The van der Waals surface area contributed by atoms with Crippen molar-refractivity contribution in [3.63, 3.8) is 0 Å². The molecule has 2 N–H and O–H groups in total. The smallest absolute Gasteiger partial charge is 0.0544 e. The number of rotatable bonds is 4. The van der Waals surface area contributed by atoms with E-state index in [-0.39, 0.29) is 5.41 Å². The molecule has 0 atom stereocenters. The van der Waals surface area contributed by atoms with Crippen LogP contribution in [0.4, 0.5) is 0 Å². The lowest BCUT2D eigenvalue weighted by Gasteiger charge is -2.28. The average Bonchev–Trinajstić information content (AvgIpc) is 3.34. The van der Waals surface area contributed by atoms with E-state index in [1.807, 2.05) is 0 Å². The van der Waals surface area contributed by atoms with Crippen molar-refractivity contribution >= 4 is 27.4 Å². The second kappa shape index (κ2) is 8.74. The van der Waals surface area contributed by atoms with Crippen molar-refractivity contribution < 1.29 is 0 Å². The minimum absolute atomic E-state index is 0.0931. The summed E-state index contributed by atoms with van der Waals surface area (Å²) in [6, 6.07) is 29.3. The van der Waals surface area contributed by atoms with Crippen LogP contribution in [0.5, 0.6) is 0 Å². The molecule has 194 valence electrons. The number of nitrogens with zero attached hydrogens (tertiary/aromatic N) is 1. The largest absolute Gasteiger partial charge is 0.401 e. The monoisotopic (exact) mass is 508 g/mol. The third kappa shape index (κ3) is 3.47. The molecule has 0 spiro atoms. The van der Waals surface area contributed by atoms with E-state index in [2.05, 4.69) is 123 Å². The topological polar surface area (TPSA) is 30.9 Å². The Morgan fingerprint density at radius 1 is 0.846 bits per heavy atom. The van der Waals surface area contributed by atoms with Crippen molar-refractivity contribution in [3.8, 4) is 16.8 Å². The van der Waals surface area contributed by atoms with E-state index in [1.165, 1.54) is 85.7 Å². The molecular formula is C37H36N2. The van der Waals surface area contributed by atoms with Gasteiger partial charge in [0, 0.05) is 33.1 Å². The van der Waals surface area contributed by atoms with Crippen LogP contribution in [0.15, 0.2) is 96.7 Å². The number of allylic oxidation sites excluding steroid dienone is 4. The lowest BCUT2D eigenvalue weighted by Crippen LogP contribution is -2.21. The van der Waals surface area contributed by atoms with Crippen LogP contribution in [0.3, 0.4) is 0 Å². The summed E-state index contributed by atoms with van der Waals surface area (Å²) < 4.78 is 2.42. The molecule has 0 amide bonds. The zero-order valence-corrected chi connectivity index (χ0v) is 23.4. The van der Waals surface area contributed by atoms with E-state index in [4.69, 9.17) is 5.73 Å². The van der Waals surface area contributed by atoms with Crippen molar-refractivity contribution in [1.82, 2.24) is 4.57 Å².